The zero-order valence-electron chi connectivity index (χ0n) is 15.9. The summed E-state index contributed by atoms with van der Waals surface area (Å²) in [6, 6.07) is 12.3. The summed E-state index contributed by atoms with van der Waals surface area (Å²) < 4.78 is 15.8. The van der Waals surface area contributed by atoms with Gasteiger partial charge in [-0.1, -0.05) is 29.8 Å². The molecule has 28 heavy (non-hydrogen) atoms. The lowest BCUT2D eigenvalue weighted by atomic mass is 10.2. The van der Waals surface area contributed by atoms with E-state index in [1.807, 2.05) is 13.0 Å². The van der Waals surface area contributed by atoms with Crippen LogP contribution >= 0.6 is 11.6 Å². The number of carbonyl (C=O) groups is 2. The third kappa shape index (κ3) is 6.03. The summed E-state index contributed by atoms with van der Waals surface area (Å²) in [6.07, 6.45) is 1.79. The zero-order chi connectivity index (χ0) is 20.5. The first-order chi connectivity index (χ1) is 13.4. The molecule has 0 aliphatic carbocycles. The topological polar surface area (TPSA) is 73.9 Å². The molecule has 0 radical (unpaired) electrons. The molecule has 7 heteroatoms. The van der Waals surface area contributed by atoms with Crippen LogP contribution < -0.4 is 14.8 Å². The van der Waals surface area contributed by atoms with Crippen LogP contribution in [0.25, 0.3) is 6.08 Å². The Labute approximate surface area is 169 Å². The van der Waals surface area contributed by atoms with E-state index < -0.39 is 18.0 Å². The van der Waals surface area contributed by atoms with Gasteiger partial charge in [0.1, 0.15) is 0 Å². The average molecular weight is 404 g/mol. The van der Waals surface area contributed by atoms with Gasteiger partial charge in [0.2, 0.25) is 0 Å². The molecule has 2 aromatic carbocycles. The predicted octanol–water partition coefficient (Wildman–Crippen LogP) is 4.33. The molecule has 1 N–H and O–H groups in total. The molecule has 0 spiro atoms. The van der Waals surface area contributed by atoms with E-state index in [0.717, 1.165) is 0 Å². The third-order valence-corrected chi connectivity index (χ3v) is 3.94. The van der Waals surface area contributed by atoms with E-state index >= 15 is 0 Å². The van der Waals surface area contributed by atoms with Crippen LogP contribution in [0.4, 0.5) is 5.69 Å². The second-order valence-corrected chi connectivity index (χ2v) is 6.14. The van der Waals surface area contributed by atoms with Crippen LogP contribution in [0.1, 0.15) is 19.4 Å². The molecular weight excluding hydrogens is 382 g/mol. The molecule has 0 aromatic heterocycles. The van der Waals surface area contributed by atoms with Crippen molar-refractivity contribution in [3.8, 4) is 11.5 Å². The van der Waals surface area contributed by atoms with E-state index in [2.05, 4.69) is 5.32 Å². The van der Waals surface area contributed by atoms with Crippen LogP contribution in [0, 0.1) is 0 Å². The number of hydrogen-bond acceptors (Lipinski definition) is 5. The van der Waals surface area contributed by atoms with Crippen molar-refractivity contribution in [3.63, 3.8) is 0 Å². The SMILES string of the molecule is CCOc1c(Cl)cc(/C=C/C(=O)O[C@H](C)C(=O)Nc2ccccc2)cc1OC. The zero-order valence-corrected chi connectivity index (χ0v) is 16.7. The molecule has 0 bridgehead atoms. The van der Waals surface area contributed by atoms with Crippen molar-refractivity contribution >= 4 is 35.2 Å². The number of amides is 1. The Morgan fingerprint density at radius 2 is 1.93 bits per heavy atom. The fourth-order valence-corrected chi connectivity index (χ4v) is 2.59. The van der Waals surface area contributed by atoms with Crippen LogP contribution in [0.15, 0.2) is 48.5 Å². The maximum atomic E-state index is 12.1. The Hall–Kier alpha value is -2.99. The molecule has 148 valence electrons. The monoisotopic (exact) mass is 403 g/mol. The molecule has 2 rings (SSSR count). The van der Waals surface area contributed by atoms with Crippen molar-refractivity contribution in [2.45, 2.75) is 20.0 Å². The number of anilines is 1. The second-order valence-electron chi connectivity index (χ2n) is 5.73. The minimum atomic E-state index is -0.948. The summed E-state index contributed by atoms with van der Waals surface area (Å²) in [7, 11) is 1.50. The van der Waals surface area contributed by atoms with Crippen LogP contribution in [0.5, 0.6) is 11.5 Å². The molecule has 0 unspecified atom stereocenters. The van der Waals surface area contributed by atoms with Crippen molar-refractivity contribution in [1.82, 2.24) is 0 Å². The quantitative estimate of drug-likeness (QED) is 0.524. The van der Waals surface area contributed by atoms with E-state index in [1.54, 1.807) is 36.4 Å². The Kier molecular flexibility index (Phi) is 7.89. The van der Waals surface area contributed by atoms with E-state index in [0.29, 0.717) is 34.4 Å². The lowest BCUT2D eigenvalue weighted by Crippen LogP contribution is -2.29. The van der Waals surface area contributed by atoms with Crippen LogP contribution in [0.2, 0.25) is 5.02 Å². The summed E-state index contributed by atoms with van der Waals surface area (Å²) in [5, 5.41) is 3.04. The van der Waals surface area contributed by atoms with E-state index in [4.69, 9.17) is 25.8 Å². The van der Waals surface area contributed by atoms with Gasteiger partial charge in [0.15, 0.2) is 17.6 Å². The molecule has 1 atom stereocenters. The maximum absolute atomic E-state index is 12.1. The minimum absolute atomic E-state index is 0.366. The Balaban J connectivity index is 1.99. The average Bonchev–Trinajstić information content (AvgIpc) is 2.68. The van der Waals surface area contributed by atoms with Crippen molar-refractivity contribution in [1.29, 1.82) is 0 Å². The van der Waals surface area contributed by atoms with Gasteiger partial charge in [0.25, 0.3) is 5.91 Å². The van der Waals surface area contributed by atoms with Gasteiger partial charge < -0.3 is 19.5 Å². The molecule has 2 aromatic rings. The molecule has 0 heterocycles. The molecule has 6 nitrogen and oxygen atoms in total. The Morgan fingerprint density at radius 1 is 1.21 bits per heavy atom. The smallest absolute Gasteiger partial charge is 0.331 e. The molecule has 0 saturated heterocycles. The summed E-state index contributed by atoms with van der Waals surface area (Å²) in [5.41, 5.74) is 1.26. The number of hydrogen-bond donors (Lipinski definition) is 1. The van der Waals surface area contributed by atoms with Crippen LogP contribution in [-0.2, 0) is 14.3 Å². The van der Waals surface area contributed by atoms with Gasteiger partial charge in [-0.25, -0.2) is 4.79 Å². The number of para-hydroxylation sites is 1. The van der Waals surface area contributed by atoms with Gasteiger partial charge in [-0.3, -0.25) is 4.79 Å². The summed E-state index contributed by atoms with van der Waals surface area (Å²) in [4.78, 5) is 24.1. The summed E-state index contributed by atoms with van der Waals surface area (Å²) >= 11 is 6.20. The van der Waals surface area contributed by atoms with Crippen molar-refractivity contribution in [3.05, 3.63) is 59.1 Å². The van der Waals surface area contributed by atoms with Crippen molar-refractivity contribution in [2.24, 2.45) is 0 Å². The first-order valence-electron chi connectivity index (χ1n) is 8.69. The van der Waals surface area contributed by atoms with Gasteiger partial charge >= 0.3 is 5.97 Å². The van der Waals surface area contributed by atoms with Crippen LogP contribution in [-0.4, -0.2) is 31.7 Å². The lowest BCUT2D eigenvalue weighted by Gasteiger charge is -2.13. The van der Waals surface area contributed by atoms with E-state index in [-0.39, 0.29) is 0 Å². The van der Waals surface area contributed by atoms with Gasteiger partial charge in [-0.2, -0.15) is 0 Å². The highest BCUT2D eigenvalue weighted by atomic mass is 35.5. The number of halogens is 1. The summed E-state index contributed by atoms with van der Waals surface area (Å²) in [6.45, 7) is 3.79. The van der Waals surface area contributed by atoms with E-state index in [1.165, 1.54) is 26.2 Å². The fourth-order valence-electron chi connectivity index (χ4n) is 2.32. The van der Waals surface area contributed by atoms with E-state index in [9.17, 15) is 9.59 Å². The molecule has 0 fully saturated rings. The first kappa shape index (κ1) is 21.3. The van der Waals surface area contributed by atoms with Crippen molar-refractivity contribution < 1.29 is 23.8 Å². The number of methoxy groups -OCH3 is 1. The second kappa shape index (κ2) is 10.4. The molecular formula is C21H22ClNO5. The van der Waals surface area contributed by atoms with Crippen LogP contribution in [0.3, 0.4) is 0 Å². The minimum Gasteiger partial charge on any atom is -0.493 e. The lowest BCUT2D eigenvalue weighted by molar-refractivity contribution is -0.148. The van der Waals surface area contributed by atoms with Gasteiger partial charge in [-0.05, 0) is 49.8 Å². The highest BCUT2D eigenvalue weighted by molar-refractivity contribution is 6.32. The Bertz CT molecular complexity index is 851. The van der Waals surface area contributed by atoms with Gasteiger partial charge in [0, 0.05) is 11.8 Å². The number of nitrogens with one attached hydrogen (secondary N) is 1. The predicted molar refractivity (Wildman–Crippen MR) is 109 cm³/mol. The number of rotatable bonds is 8. The highest BCUT2D eigenvalue weighted by Gasteiger charge is 2.17. The fraction of sp³-hybridized carbons (Fsp3) is 0.238. The number of esters is 1. The maximum Gasteiger partial charge on any atom is 0.331 e. The largest absolute Gasteiger partial charge is 0.493 e. The van der Waals surface area contributed by atoms with Gasteiger partial charge in [-0.15, -0.1) is 0 Å². The highest BCUT2D eigenvalue weighted by Crippen LogP contribution is 2.36. The third-order valence-electron chi connectivity index (χ3n) is 3.66. The van der Waals surface area contributed by atoms with Crippen molar-refractivity contribution in [2.75, 3.05) is 19.0 Å². The normalized spacial score (nSPS) is 11.7. The number of ether oxygens (including phenoxy) is 3. The molecule has 0 aliphatic heterocycles. The molecule has 1 amide bonds. The van der Waals surface area contributed by atoms with Gasteiger partial charge in [0.05, 0.1) is 18.7 Å². The Morgan fingerprint density at radius 3 is 2.57 bits per heavy atom. The first-order valence-corrected chi connectivity index (χ1v) is 9.07. The summed E-state index contributed by atoms with van der Waals surface area (Å²) in [5.74, 6) is -0.172. The number of benzene rings is 2. The number of carbonyl (C=O) groups excluding carboxylic acids is 2. The molecule has 0 aliphatic rings. The standard InChI is InChI=1S/C21H22ClNO5/c1-4-27-20-17(22)12-15(13-18(20)26-3)10-11-19(24)28-14(2)21(25)23-16-8-6-5-7-9-16/h5-14H,4H2,1-3H3,(H,23,25)/b11-10+/t14-/m1/s1. The molecule has 0 saturated carbocycles.